The Morgan fingerprint density at radius 2 is 1.73 bits per heavy atom. The molecule has 0 bridgehead atoms. The summed E-state index contributed by atoms with van der Waals surface area (Å²) in [7, 11) is 2.18. The molecule has 1 saturated heterocycles. The van der Waals surface area contributed by atoms with Crippen molar-refractivity contribution in [3.05, 3.63) is 83.4 Å². The first-order chi connectivity index (χ1) is 21.5. The highest BCUT2D eigenvalue weighted by Crippen LogP contribution is 2.33. The van der Waals surface area contributed by atoms with Crippen molar-refractivity contribution in [3.63, 3.8) is 0 Å². The van der Waals surface area contributed by atoms with Gasteiger partial charge >= 0.3 is 0 Å². The van der Waals surface area contributed by atoms with Gasteiger partial charge in [-0.25, -0.2) is 0 Å². The van der Waals surface area contributed by atoms with E-state index in [4.69, 9.17) is 14.2 Å². The number of carbonyl (C=O) groups is 1. The first-order valence-electron chi connectivity index (χ1n) is 16.1. The third kappa shape index (κ3) is 8.50. The number of anilines is 2. The minimum atomic E-state index is -0.0414. The average molecular weight is 598 g/mol. The maximum absolute atomic E-state index is 13.5. The lowest BCUT2D eigenvalue weighted by atomic mass is 10.00. The van der Waals surface area contributed by atoms with E-state index in [1.165, 1.54) is 11.3 Å². The van der Waals surface area contributed by atoms with E-state index in [2.05, 4.69) is 77.6 Å². The van der Waals surface area contributed by atoms with E-state index in [-0.39, 0.29) is 5.91 Å². The van der Waals surface area contributed by atoms with Crippen LogP contribution in [0, 0.1) is 0 Å². The summed E-state index contributed by atoms with van der Waals surface area (Å²) >= 11 is 0. The number of benzene rings is 3. The van der Waals surface area contributed by atoms with Gasteiger partial charge in [-0.1, -0.05) is 37.3 Å². The number of nitrogens with one attached hydrogen (secondary N) is 1. The van der Waals surface area contributed by atoms with Crippen LogP contribution >= 0.6 is 0 Å². The molecule has 2 aliphatic heterocycles. The third-order valence-corrected chi connectivity index (χ3v) is 8.48. The van der Waals surface area contributed by atoms with Crippen molar-refractivity contribution in [1.82, 2.24) is 4.90 Å². The van der Waals surface area contributed by atoms with Gasteiger partial charge in [0.1, 0.15) is 12.4 Å². The molecule has 2 aliphatic rings. The highest BCUT2D eigenvalue weighted by atomic mass is 16.5. The number of amides is 1. The van der Waals surface area contributed by atoms with Crippen LogP contribution in [0.5, 0.6) is 5.75 Å². The molecule has 0 aromatic heterocycles. The monoisotopic (exact) mass is 597 g/mol. The van der Waals surface area contributed by atoms with E-state index in [9.17, 15) is 4.79 Å². The van der Waals surface area contributed by atoms with Gasteiger partial charge in [-0.15, -0.1) is 0 Å². The van der Waals surface area contributed by atoms with Gasteiger partial charge in [0.25, 0.3) is 5.91 Å². The Morgan fingerprint density at radius 3 is 2.45 bits per heavy atom. The van der Waals surface area contributed by atoms with Crippen LogP contribution in [0.4, 0.5) is 11.4 Å². The first kappa shape index (κ1) is 31.8. The van der Waals surface area contributed by atoms with Crippen molar-refractivity contribution in [2.24, 2.45) is 0 Å². The highest BCUT2D eigenvalue weighted by molar-refractivity contribution is 6.07. The molecule has 7 heteroatoms. The molecule has 1 amide bonds. The second-order valence-corrected chi connectivity index (χ2v) is 11.7. The molecule has 234 valence electrons. The molecule has 44 heavy (non-hydrogen) atoms. The quantitative estimate of drug-likeness (QED) is 0.214. The summed E-state index contributed by atoms with van der Waals surface area (Å²) in [5.74, 6) is 0.788. The van der Waals surface area contributed by atoms with Gasteiger partial charge in [-0.05, 0) is 104 Å². The molecule has 5 rings (SSSR count). The van der Waals surface area contributed by atoms with Crippen molar-refractivity contribution in [2.75, 3.05) is 63.4 Å². The molecule has 2 heterocycles. The minimum Gasteiger partial charge on any atom is -0.491 e. The van der Waals surface area contributed by atoms with Crippen molar-refractivity contribution in [1.29, 1.82) is 0 Å². The molecule has 7 nitrogen and oxygen atoms in total. The number of carbonyl (C=O) groups excluding carboxylic acids is 1. The SMILES string of the molecule is CCCN1CCC(C(=O)Nc2ccc(CN(C)C3CCOCC3)cc2)=Cc2cc(-c3ccc(OCCOCC)cc3)ccc21. The second kappa shape index (κ2) is 15.9. The molecule has 0 radical (unpaired) electrons. The van der Waals surface area contributed by atoms with Crippen LogP contribution in [-0.2, 0) is 20.8 Å². The van der Waals surface area contributed by atoms with Crippen LogP contribution < -0.4 is 15.0 Å². The number of hydrogen-bond donors (Lipinski definition) is 1. The van der Waals surface area contributed by atoms with Gasteiger partial charge in [0.15, 0.2) is 0 Å². The first-order valence-corrected chi connectivity index (χ1v) is 16.1. The normalized spacial score (nSPS) is 15.5. The fourth-order valence-electron chi connectivity index (χ4n) is 6.01. The number of fused-ring (bicyclic) bond motifs is 1. The maximum atomic E-state index is 13.5. The Balaban J connectivity index is 1.28. The standard InChI is InChI=1S/C37H47N3O4/c1-4-19-40-20-16-31(37(41)38-33-11-6-28(7-12-33)27-39(3)34-17-21-43-22-18-34)26-32-25-30(10-15-36(32)40)29-8-13-35(14-9-29)44-24-23-42-5-2/h6-15,25-26,34H,4-5,16-24,27H2,1-3H3,(H,38,41). The molecule has 1 fully saturated rings. The number of nitrogens with zero attached hydrogens (tertiary/aromatic N) is 2. The average Bonchev–Trinajstić information content (AvgIpc) is 3.24. The zero-order chi connectivity index (χ0) is 30.7. The summed E-state index contributed by atoms with van der Waals surface area (Å²) in [6.07, 6.45) is 5.97. The fraction of sp³-hybridized carbons (Fsp3) is 0.432. The molecule has 1 N–H and O–H groups in total. The van der Waals surface area contributed by atoms with Crippen molar-refractivity contribution in [3.8, 4) is 16.9 Å². The van der Waals surface area contributed by atoms with Gasteiger partial charge in [0.2, 0.25) is 0 Å². The Kier molecular flexibility index (Phi) is 11.5. The Morgan fingerprint density at radius 1 is 0.977 bits per heavy atom. The largest absolute Gasteiger partial charge is 0.491 e. The Bertz CT molecular complexity index is 1380. The molecular weight excluding hydrogens is 550 g/mol. The lowest BCUT2D eigenvalue weighted by molar-refractivity contribution is -0.112. The minimum absolute atomic E-state index is 0.0414. The lowest BCUT2D eigenvalue weighted by Gasteiger charge is -2.31. The highest BCUT2D eigenvalue weighted by Gasteiger charge is 2.21. The van der Waals surface area contributed by atoms with E-state index in [1.54, 1.807) is 0 Å². The molecule has 3 aromatic rings. The number of hydrogen-bond acceptors (Lipinski definition) is 6. The smallest absolute Gasteiger partial charge is 0.251 e. The molecule has 0 unspecified atom stereocenters. The summed E-state index contributed by atoms with van der Waals surface area (Å²) in [6, 6.07) is 23.6. The van der Waals surface area contributed by atoms with E-state index >= 15 is 0 Å². The summed E-state index contributed by atoms with van der Waals surface area (Å²) in [4.78, 5) is 18.3. The zero-order valence-corrected chi connectivity index (χ0v) is 26.5. The van der Waals surface area contributed by atoms with Crippen molar-refractivity contribution >= 4 is 23.4 Å². The molecular formula is C37H47N3O4. The predicted octanol–water partition coefficient (Wildman–Crippen LogP) is 7.02. The molecule has 0 saturated carbocycles. The Hall–Kier alpha value is -3.65. The second-order valence-electron chi connectivity index (χ2n) is 11.7. The maximum Gasteiger partial charge on any atom is 0.251 e. The topological polar surface area (TPSA) is 63.3 Å². The zero-order valence-electron chi connectivity index (χ0n) is 26.5. The van der Waals surface area contributed by atoms with Gasteiger partial charge in [0.05, 0.1) is 6.61 Å². The number of rotatable bonds is 13. The van der Waals surface area contributed by atoms with E-state index in [0.717, 1.165) is 85.8 Å². The van der Waals surface area contributed by atoms with E-state index in [0.29, 0.717) is 32.3 Å². The van der Waals surface area contributed by atoms with Crippen molar-refractivity contribution < 1.29 is 19.0 Å². The van der Waals surface area contributed by atoms with Gasteiger partial charge in [0, 0.05) is 62.4 Å². The molecule has 0 atom stereocenters. The van der Waals surface area contributed by atoms with Crippen LogP contribution in [-0.4, -0.2) is 70.0 Å². The molecule has 0 spiro atoms. The summed E-state index contributed by atoms with van der Waals surface area (Å²) in [5, 5.41) is 3.16. The predicted molar refractivity (Wildman–Crippen MR) is 179 cm³/mol. The van der Waals surface area contributed by atoms with Crippen LogP contribution in [0.15, 0.2) is 72.3 Å². The van der Waals surface area contributed by atoms with Crippen LogP contribution in [0.3, 0.4) is 0 Å². The van der Waals surface area contributed by atoms with Crippen molar-refractivity contribution in [2.45, 2.75) is 52.1 Å². The van der Waals surface area contributed by atoms with Gasteiger partial charge in [-0.2, -0.15) is 0 Å². The van der Waals surface area contributed by atoms with Crippen LogP contribution in [0.1, 0.15) is 50.7 Å². The molecule has 3 aromatic carbocycles. The molecule has 0 aliphatic carbocycles. The van der Waals surface area contributed by atoms with Gasteiger partial charge < -0.3 is 24.4 Å². The third-order valence-electron chi connectivity index (χ3n) is 8.48. The summed E-state index contributed by atoms with van der Waals surface area (Å²) in [6.45, 7) is 10.3. The summed E-state index contributed by atoms with van der Waals surface area (Å²) in [5.41, 5.74) is 7.32. The van der Waals surface area contributed by atoms with Crippen LogP contribution in [0.2, 0.25) is 0 Å². The lowest BCUT2D eigenvalue weighted by Crippen LogP contribution is -2.36. The fourth-order valence-corrected chi connectivity index (χ4v) is 6.01. The van der Waals surface area contributed by atoms with E-state index in [1.807, 2.05) is 31.2 Å². The van der Waals surface area contributed by atoms with Gasteiger partial charge in [-0.3, -0.25) is 9.69 Å². The van der Waals surface area contributed by atoms with Crippen LogP contribution in [0.25, 0.3) is 17.2 Å². The van der Waals surface area contributed by atoms with E-state index < -0.39 is 0 Å². The number of ether oxygens (including phenoxy) is 3. The Labute approximate surface area is 262 Å². The summed E-state index contributed by atoms with van der Waals surface area (Å²) < 4.78 is 16.7.